The lowest BCUT2D eigenvalue weighted by Gasteiger charge is -2.20. The van der Waals surface area contributed by atoms with Crippen molar-refractivity contribution >= 4 is 23.5 Å². The molecule has 6 heteroatoms. The molecular formula is C15H18ClNO4. The van der Waals surface area contributed by atoms with Crippen molar-refractivity contribution in [3.8, 4) is 5.75 Å². The number of benzene rings is 1. The molecule has 0 radical (unpaired) electrons. The molecule has 1 aromatic rings. The first kappa shape index (κ1) is 17.0. The number of esters is 1. The number of nitrogens with zero attached hydrogens (tertiary/aromatic N) is 1. The van der Waals surface area contributed by atoms with Gasteiger partial charge in [-0.3, -0.25) is 9.59 Å². The fourth-order valence-electron chi connectivity index (χ4n) is 1.57. The zero-order valence-corrected chi connectivity index (χ0v) is 12.6. The van der Waals surface area contributed by atoms with Gasteiger partial charge in [0.25, 0.3) is 5.91 Å². The molecule has 5 nitrogen and oxygen atoms in total. The van der Waals surface area contributed by atoms with Gasteiger partial charge in [-0.15, -0.1) is 6.58 Å². The number of rotatable bonds is 8. The van der Waals surface area contributed by atoms with Crippen LogP contribution in [0.2, 0.25) is 5.02 Å². The Morgan fingerprint density at radius 1 is 1.38 bits per heavy atom. The van der Waals surface area contributed by atoms with E-state index in [1.54, 1.807) is 31.2 Å². The van der Waals surface area contributed by atoms with Gasteiger partial charge < -0.3 is 14.4 Å². The number of amides is 1. The second kappa shape index (κ2) is 9.02. The van der Waals surface area contributed by atoms with Crippen LogP contribution in [0.3, 0.4) is 0 Å². The van der Waals surface area contributed by atoms with Crippen molar-refractivity contribution in [2.45, 2.75) is 6.92 Å². The van der Waals surface area contributed by atoms with Crippen LogP contribution < -0.4 is 4.74 Å². The SMILES string of the molecule is C=CCN(CC(=O)OCC)C(=O)COc1ccccc1Cl. The lowest BCUT2D eigenvalue weighted by Crippen LogP contribution is -2.39. The first-order valence-electron chi connectivity index (χ1n) is 6.50. The minimum absolute atomic E-state index is 0.134. The lowest BCUT2D eigenvalue weighted by atomic mass is 10.3. The van der Waals surface area contributed by atoms with Crippen LogP contribution in [-0.2, 0) is 14.3 Å². The predicted molar refractivity (Wildman–Crippen MR) is 80.4 cm³/mol. The quantitative estimate of drug-likeness (QED) is 0.546. The van der Waals surface area contributed by atoms with E-state index in [1.165, 1.54) is 11.0 Å². The first-order valence-corrected chi connectivity index (χ1v) is 6.87. The van der Waals surface area contributed by atoms with Crippen molar-refractivity contribution in [3.05, 3.63) is 41.9 Å². The standard InChI is InChI=1S/C15H18ClNO4/c1-3-9-17(10-15(19)20-4-2)14(18)11-21-13-8-6-5-7-12(13)16/h3,5-8H,1,4,9-11H2,2H3. The van der Waals surface area contributed by atoms with E-state index < -0.39 is 5.97 Å². The Hall–Kier alpha value is -2.01. The molecule has 0 N–H and O–H groups in total. The van der Waals surface area contributed by atoms with Crippen LogP contribution >= 0.6 is 11.6 Å². The molecule has 0 spiro atoms. The number of hydrogen-bond donors (Lipinski definition) is 0. The first-order chi connectivity index (χ1) is 10.1. The van der Waals surface area contributed by atoms with E-state index in [0.29, 0.717) is 10.8 Å². The predicted octanol–water partition coefficient (Wildman–Crippen LogP) is 2.30. The van der Waals surface area contributed by atoms with Gasteiger partial charge in [0, 0.05) is 6.54 Å². The lowest BCUT2D eigenvalue weighted by molar-refractivity contribution is -0.149. The molecule has 0 bridgehead atoms. The van der Waals surface area contributed by atoms with Crippen LogP contribution in [0.15, 0.2) is 36.9 Å². The molecule has 0 aliphatic heterocycles. The summed E-state index contributed by atoms with van der Waals surface area (Å²) >= 11 is 5.93. The maximum Gasteiger partial charge on any atom is 0.325 e. The third kappa shape index (κ3) is 5.87. The molecule has 1 rings (SSSR count). The van der Waals surface area contributed by atoms with E-state index in [1.807, 2.05) is 0 Å². The summed E-state index contributed by atoms with van der Waals surface area (Å²) in [6.45, 7) is 5.43. The second-order valence-corrected chi connectivity index (χ2v) is 4.49. The summed E-state index contributed by atoms with van der Waals surface area (Å²) < 4.78 is 10.2. The Morgan fingerprint density at radius 2 is 2.10 bits per heavy atom. The van der Waals surface area contributed by atoms with E-state index in [4.69, 9.17) is 21.1 Å². The summed E-state index contributed by atoms with van der Waals surface area (Å²) in [6, 6.07) is 6.86. The van der Waals surface area contributed by atoms with E-state index in [-0.39, 0.29) is 32.2 Å². The number of para-hydroxylation sites is 1. The number of carbonyl (C=O) groups excluding carboxylic acids is 2. The van der Waals surface area contributed by atoms with Crippen molar-refractivity contribution in [3.63, 3.8) is 0 Å². The van der Waals surface area contributed by atoms with Gasteiger partial charge in [0.05, 0.1) is 11.6 Å². The Balaban J connectivity index is 2.58. The van der Waals surface area contributed by atoms with Gasteiger partial charge in [-0.1, -0.05) is 29.8 Å². The molecule has 0 saturated heterocycles. The van der Waals surface area contributed by atoms with Crippen molar-refractivity contribution in [2.24, 2.45) is 0 Å². The number of hydrogen-bond acceptors (Lipinski definition) is 4. The smallest absolute Gasteiger partial charge is 0.325 e. The average Bonchev–Trinajstić information content (AvgIpc) is 2.46. The molecule has 114 valence electrons. The van der Waals surface area contributed by atoms with E-state index in [2.05, 4.69) is 6.58 Å². The van der Waals surface area contributed by atoms with Crippen molar-refractivity contribution in [1.82, 2.24) is 4.90 Å². The Kier molecular flexibility index (Phi) is 7.32. The van der Waals surface area contributed by atoms with Gasteiger partial charge in [0.15, 0.2) is 6.61 Å². The molecule has 0 fully saturated rings. The monoisotopic (exact) mass is 311 g/mol. The highest BCUT2D eigenvalue weighted by Crippen LogP contribution is 2.22. The van der Waals surface area contributed by atoms with E-state index >= 15 is 0 Å². The van der Waals surface area contributed by atoms with Gasteiger partial charge >= 0.3 is 5.97 Å². The van der Waals surface area contributed by atoms with E-state index in [9.17, 15) is 9.59 Å². The van der Waals surface area contributed by atoms with Crippen LogP contribution in [0.25, 0.3) is 0 Å². The van der Waals surface area contributed by atoms with Gasteiger partial charge in [-0.05, 0) is 19.1 Å². The summed E-state index contributed by atoms with van der Waals surface area (Å²) in [6.07, 6.45) is 1.53. The Bertz CT molecular complexity index is 504. The Morgan fingerprint density at radius 3 is 2.71 bits per heavy atom. The maximum absolute atomic E-state index is 12.1. The minimum Gasteiger partial charge on any atom is -0.482 e. The molecular weight excluding hydrogens is 294 g/mol. The van der Waals surface area contributed by atoms with Crippen molar-refractivity contribution in [1.29, 1.82) is 0 Å². The van der Waals surface area contributed by atoms with Gasteiger partial charge in [-0.25, -0.2) is 0 Å². The number of carbonyl (C=O) groups is 2. The molecule has 0 heterocycles. The third-order valence-electron chi connectivity index (χ3n) is 2.52. The summed E-state index contributed by atoms with van der Waals surface area (Å²) in [5, 5.41) is 0.422. The minimum atomic E-state index is -0.467. The van der Waals surface area contributed by atoms with Gasteiger partial charge in [0.1, 0.15) is 12.3 Å². The van der Waals surface area contributed by atoms with Crippen molar-refractivity contribution < 1.29 is 19.1 Å². The normalized spacial score (nSPS) is 9.81. The molecule has 1 amide bonds. The Labute approximate surface area is 129 Å². The van der Waals surface area contributed by atoms with Gasteiger partial charge in [-0.2, -0.15) is 0 Å². The van der Waals surface area contributed by atoms with Crippen LogP contribution in [0, 0.1) is 0 Å². The average molecular weight is 312 g/mol. The molecule has 0 aliphatic carbocycles. The molecule has 1 aromatic carbocycles. The zero-order valence-electron chi connectivity index (χ0n) is 11.9. The zero-order chi connectivity index (χ0) is 15.7. The summed E-state index contributed by atoms with van der Waals surface area (Å²) in [5.41, 5.74) is 0. The van der Waals surface area contributed by atoms with Crippen LogP contribution in [0.5, 0.6) is 5.75 Å². The maximum atomic E-state index is 12.1. The van der Waals surface area contributed by atoms with Crippen LogP contribution in [-0.4, -0.2) is 43.1 Å². The molecule has 0 unspecified atom stereocenters. The summed E-state index contributed by atoms with van der Waals surface area (Å²) in [7, 11) is 0. The molecule has 21 heavy (non-hydrogen) atoms. The van der Waals surface area contributed by atoms with Crippen molar-refractivity contribution in [2.75, 3.05) is 26.3 Å². The number of ether oxygens (including phenoxy) is 2. The highest BCUT2D eigenvalue weighted by atomic mass is 35.5. The third-order valence-corrected chi connectivity index (χ3v) is 2.83. The molecule has 0 aromatic heterocycles. The fourth-order valence-corrected chi connectivity index (χ4v) is 1.76. The second-order valence-electron chi connectivity index (χ2n) is 4.09. The highest BCUT2D eigenvalue weighted by molar-refractivity contribution is 6.32. The molecule has 0 aliphatic rings. The van der Waals surface area contributed by atoms with Crippen LogP contribution in [0.4, 0.5) is 0 Å². The summed E-state index contributed by atoms with van der Waals surface area (Å²) in [4.78, 5) is 24.8. The molecule has 0 saturated carbocycles. The molecule has 0 atom stereocenters. The topological polar surface area (TPSA) is 55.8 Å². The fraction of sp³-hybridized carbons (Fsp3) is 0.333. The number of halogens is 1. The van der Waals surface area contributed by atoms with Gasteiger partial charge in [0.2, 0.25) is 0 Å². The summed E-state index contributed by atoms with van der Waals surface area (Å²) in [5.74, 6) is -0.393. The largest absolute Gasteiger partial charge is 0.482 e. The van der Waals surface area contributed by atoms with E-state index in [0.717, 1.165) is 0 Å². The van der Waals surface area contributed by atoms with Crippen LogP contribution in [0.1, 0.15) is 6.92 Å². The highest BCUT2D eigenvalue weighted by Gasteiger charge is 2.17.